The molecule has 0 aliphatic carbocycles. The third-order valence-electron chi connectivity index (χ3n) is 18.1. The molecule has 7 atom stereocenters. The highest BCUT2D eigenvalue weighted by Crippen LogP contribution is 2.43. The molecule has 8 amide bonds. The number of nitrogens with one attached hydrogen (secondary N) is 4. The zero-order valence-electron chi connectivity index (χ0n) is 55.6. The molecular formula is C69H95F3N10O12. The van der Waals surface area contributed by atoms with Gasteiger partial charge in [0.05, 0.1) is 25.2 Å². The van der Waals surface area contributed by atoms with Crippen LogP contribution < -0.4 is 26.2 Å². The van der Waals surface area contributed by atoms with Crippen LogP contribution in [0.2, 0.25) is 0 Å². The lowest BCUT2D eigenvalue weighted by Gasteiger charge is -2.47. The van der Waals surface area contributed by atoms with Crippen molar-refractivity contribution in [2.24, 2.45) is 5.92 Å². The van der Waals surface area contributed by atoms with Crippen LogP contribution in [0.25, 0.3) is 0 Å². The fourth-order valence-corrected chi connectivity index (χ4v) is 12.8. The van der Waals surface area contributed by atoms with Crippen LogP contribution in [-0.2, 0) is 66.1 Å². The van der Waals surface area contributed by atoms with Crippen LogP contribution in [-0.4, -0.2) is 193 Å². The maximum atomic E-state index is 15.2. The number of morpholine rings is 1. The molecule has 5 aliphatic heterocycles. The van der Waals surface area contributed by atoms with Crippen LogP contribution in [0.3, 0.4) is 0 Å². The van der Waals surface area contributed by atoms with Gasteiger partial charge in [0.1, 0.15) is 52.5 Å². The molecule has 0 unspecified atom stereocenters. The van der Waals surface area contributed by atoms with Gasteiger partial charge in [-0.3, -0.25) is 43.5 Å². The van der Waals surface area contributed by atoms with Gasteiger partial charge in [0, 0.05) is 106 Å². The molecule has 5 heterocycles. The molecule has 0 spiro atoms. The number of anilines is 3. The largest absolute Gasteiger partial charge is 0.444 e. The van der Waals surface area contributed by atoms with Gasteiger partial charge >= 0.3 is 12.2 Å². The van der Waals surface area contributed by atoms with Gasteiger partial charge in [-0.1, -0.05) is 36.4 Å². The molecule has 4 N–H and O–H groups in total. The summed E-state index contributed by atoms with van der Waals surface area (Å²) < 4.78 is 67.1. The Morgan fingerprint density at radius 3 is 2.14 bits per heavy atom. The topological polar surface area (TPSA) is 241 Å². The van der Waals surface area contributed by atoms with Crippen LogP contribution in [0.1, 0.15) is 127 Å². The predicted molar refractivity (Wildman–Crippen MR) is 351 cm³/mol. The second kappa shape index (κ2) is 29.2. The highest BCUT2D eigenvalue weighted by Gasteiger charge is 2.49. The van der Waals surface area contributed by atoms with Gasteiger partial charge in [-0.25, -0.2) is 22.8 Å². The summed E-state index contributed by atoms with van der Waals surface area (Å²) in [6.07, 6.45) is -0.338. The summed E-state index contributed by atoms with van der Waals surface area (Å²) in [5.74, 6) is -6.64. The number of piperazine rings is 1. The van der Waals surface area contributed by atoms with E-state index in [0.29, 0.717) is 75.5 Å². The second-order valence-electron chi connectivity index (χ2n) is 27.6. The minimum absolute atomic E-state index is 0. The Labute approximate surface area is 551 Å². The van der Waals surface area contributed by atoms with E-state index in [2.05, 4.69) is 38.0 Å². The number of para-hydroxylation sites is 1. The highest BCUT2D eigenvalue weighted by molar-refractivity contribution is 6.04. The van der Waals surface area contributed by atoms with Crippen LogP contribution in [0.5, 0.6) is 0 Å². The first kappa shape index (κ1) is 70.2. The summed E-state index contributed by atoms with van der Waals surface area (Å²) in [4.78, 5) is 124. The molecule has 25 heteroatoms. The maximum absolute atomic E-state index is 15.2. The van der Waals surface area contributed by atoms with E-state index in [9.17, 15) is 33.2 Å². The van der Waals surface area contributed by atoms with E-state index in [4.69, 9.17) is 18.9 Å². The quantitative estimate of drug-likeness (QED) is 0.0732. The van der Waals surface area contributed by atoms with E-state index in [-0.39, 0.29) is 91.2 Å². The fraction of sp³-hybridized carbons (Fsp3) is 0.536. The summed E-state index contributed by atoms with van der Waals surface area (Å²) in [6.45, 7) is 20.9. The zero-order chi connectivity index (χ0) is 68.1. The first-order valence-electron chi connectivity index (χ1n) is 32.2. The van der Waals surface area contributed by atoms with E-state index >= 15 is 18.4 Å². The lowest BCUT2D eigenvalue weighted by Crippen LogP contribution is -2.64. The summed E-state index contributed by atoms with van der Waals surface area (Å²) in [5.41, 5.74) is -0.0186. The molecule has 0 saturated carbocycles. The van der Waals surface area contributed by atoms with Crippen molar-refractivity contribution in [3.8, 4) is 0 Å². The first-order chi connectivity index (χ1) is 44.4. The van der Waals surface area contributed by atoms with E-state index in [0.717, 1.165) is 34.2 Å². The Morgan fingerprint density at radius 1 is 0.787 bits per heavy atom. The minimum atomic E-state index is -1.54. The lowest BCUT2D eigenvalue weighted by molar-refractivity contribution is -0.144. The second-order valence-corrected chi connectivity index (χ2v) is 27.6. The molecule has 4 aromatic carbocycles. The van der Waals surface area contributed by atoms with Gasteiger partial charge in [0.2, 0.25) is 29.5 Å². The number of benzene rings is 4. The van der Waals surface area contributed by atoms with Crippen LogP contribution >= 0.6 is 0 Å². The molecule has 0 bridgehead atoms. The van der Waals surface area contributed by atoms with Gasteiger partial charge < -0.3 is 54.9 Å². The normalized spacial score (nSPS) is 21.7. The summed E-state index contributed by atoms with van der Waals surface area (Å²) in [5, 5.41) is 10.9. The van der Waals surface area contributed by atoms with E-state index in [1.165, 1.54) is 37.1 Å². The van der Waals surface area contributed by atoms with Crippen molar-refractivity contribution >= 4 is 64.7 Å². The zero-order valence-corrected chi connectivity index (χ0v) is 55.6. The first-order valence-corrected chi connectivity index (χ1v) is 32.2. The lowest BCUT2D eigenvalue weighted by atomic mass is 9.83. The van der Waals surface area contributed by atoms with Crippen molar-refractivity contribution in [2.75, 3.05) is 94.8 Å². The number of amides is 8. The maximum Gasteiger partial charge on any atom is 0.410 e. The van der Waals surface area contributed by atoms with E-state index in [1.54, 1.807) is 61.8 Å². The number of ether oxygens (including phenoxy) is 4. The predicted octanol–water partition coefficient (Wildman–Crippen LogP) is 8.40. The molecule has 22 nitrogen and oxygen atoms in total. The van der Waals surface area contributed by atoms with Crippen molar-refractivity contribution in [2.45, 2.75) is 154 Å². The Bertz CT molecular complexity index is 3480. The van der Waals surface area contributed by atoms with Gasteiger partial charge in [0.25, 0.3) is 5.91 Å². The van der Waals surface area contributed by atoms with Gasteiger partial charge in [0.15, 0.2) is 0 Å². The van der Waals surface area contributed by atoms with Crippen LogP contribution in [0, 0.1) is 23.4 Å². The highest BCUT2D eigenvalue weighted by atomic mass is 19.1. The van der Waals surface area contributed by atoms with Gasteiger partial charge in [-0.15, -0.1) is 0 Å². The monoisotopic (exact) mass is 1310 g/mol. The molecule has 0 radical (unpaired) electrons. The average Bonchev–Trinajstić information content (AvgIpc) is 1.60. The van der Waals surface area contributed by atoms with Crippen molar-refractivity contribution in [3.63, 3.8) is 0 Å². The van der Waals surface area contributed by atoms with Gasteiger partial charge in [-0.2, -0.15) is 0 Å². The molecule has 94 heavy (non-hydrogen) atoms. The SMILES string of the molecule is C[C@@H]1COCCN1C[C@H]1CN(C(=O)OC(C)(C)C)[C@H](C)CN1CC(=O)N1C[C@@](C)(C(=O)NCCC(=O)Nc2ccc3c(c2)[C@@H](C(=O)Nc2c(F)cccc2F)N(C(=O)[C@@H](NC(=O)[C@H](C)N(C)C(=O)OC(C)(C)C)C2CCOCC2)C3)c2ccc(Cc3ccc(F)cc3)cc21.[HH].[HH].[HH]. The number of hydrogen-bond donors (Lipinski definition) is 4. The molecule has 9 rings (SSSR count). The number of carbonyl (C=O) groups excluding carboxylic acids is 8. The Hall–Kier alpha value is -8.13. The van der Waals surface area contributed by atoms with Crippen LogP contribution in [0.15, 0.2) is 78.9 Å². The number of rotatable bonds is 18. The summed E-state index contributed by atoms with van der Waals surface area (Å²) in [6, 6.07) is 15.1. The summed E-state index contributed by atoms with van der Waals surface area (Å²) >= 11 is 0. The molecule has 3 saturated heterocycles. The minimum Gasteiger partial charge on any atom is -0.444 e. The smallest absolute Gasteiger partial charge is 0.410 e. The molecule has 3 fully saturated rings. The number of fused-ring (bicyclic) bond motifs is 2. The van der Waals surface area contributed by atoms with E-state index in [1.807, 2.05) is 45.9 Å². The number of hydrogen-bond acceptors (Lipinski definition) is 14. The Balaban J connectivity index is 0.00000495. The molecule has 4 aromatic rings. The standard InChI is InChI=1S/C69H89F3N10O12.3H2/c1-41-34-79(50(36-78-27-30-92-39-42(78)2)37-80(41)66(90)94-68(7,8)9)38-57(84)82-40-69(10,52-22-17-45(32-55(52)82)31-44-15-19-48(70)20-16-44)64(88)73-26-23-56(83)74-49-21-18-47-35-81(60(51(47)33-49)62(86)76-59-53(71)13-12-14-54(59)72)63(87)58(46-24-28-91-29-25-46)75-61(85)43(3)77(11)65(89)93-67(4,5)6;;;/h12-22,32-33,41-43,46,50,58,60H,23-31,34-40H2,1-11H3,(H,73,88)(H,74,83)(H,75,85)(H,76,86);3*1H/t41-,42-,43+,50+,58+,60+,69-;;;/m1.../s1. The fourth-order valence-electron chi connectivity index (χ4n) is 12.8. The number of likely N-dealkylation sites (N-methyl/N-ethyl adjacent to an activating group) is 1. The number of carbonyl (C=O) groups is 8. The third kappa shape index (κ3) is 16.7. The average molecular weight is 1310 g/mol. The molecular weight excluding hydrogens is 1220 g/mol. The van der Waals surface area contributed by atoms with E-state index < -0.39 is 99.7 Å². The van der Waals surface area contributed by atoms with Crippen molar-refractivity contribution < 1.29 is 74.8 Å². The van der Waals surface area contributed by atoms with Crippen molar-refractivity contribution in [1.29, 1.82) is 0 Å². The third-order valence-corrected chi connectivity index (χ3v) is 18.1. The Morgan fingerprint density at radius 2 is 1.47 bits per heavy atom. The molecule has 0 aromatic heterocycles. The Kier molecular flexibility index (Phi) is 21.8. The number of halogens is 3. The summed E-state index contributed by atoms with van der Waals surface area (Å²) in [7, 11) is 1.39. The van der Waals surface area contributed by atoms with Crippen LogP contribution in [0.4, 0.5) is 39.8 Å². The van der Waals surface area contributed by atoms with Gasteiger partial charge in [-0.05, 0) is 165 Å². The molecule has 5 aliphatic rings. The van der Waals surface area contributed by atoms with Crippen molar-refractivity contribution in [3.05, 3.63) is 124 Å². The molecule has 514 valence electrons. The van der Waals surface area contributed by atoms with Crippen molar-refractivity contribution in [1.82, 2.24) is 35.1 Å². The number of nitrogens with zero attached hydrogens (tertiary/aromatic N) is 6.